The first kappa shape index (κ1) is 26.6. The molecule has 190 valence electrons. The van der Waals surface area contributed by atoms with Crippen molar-refractivity contribution in [1.29, 1.82) is 21.0 Å². The maximum Gasteiger partial charge on any atom is 0.131 e. The van der Waals surface area contributed by atoms with E-state index in [1.165, 1.54) is 40.4 Å². The number of allylic oxidation sites excluding steroid dienone is 2. The summed E-state index contributed by atoms with van der Waals surface area (Å²) in [4.78, 5) is 4.25. The van der Waals surface area contributed by atoms with Gasteiger partial charge in [0.05, 0.1) is 21.1 Å². The van der Waals surface area contributed by atoms with Crippen LogP contribution in [0.25, 0.3) is 52.1 Å². The van der Waals surface area contributed by atoms with Gasteiger partial charge in [0, 0.05) is 35.1 Å². The van der Waals surface area contributed by atoms with Gasteiger partial charge in [-0.1, -0.05) is 26.2 Å². The summed E-state index contributed by atoms with van der Waals surface area (Å²) in [6.07, 6.45) is 8.02. The molecule has 0 unspecified atom stereocenters. The Morgan fingerprint density at radius 3 is 1.54 bits per heavy atom. The van der Waals surface area contributed by atoms with E-state index < -0.39 is 0 Å². The molecule has 0 aliphatic heterocycles. The number of fused-ring (bicyclic) bond motifs is 2. The molecule has 0 fully saturated rings. The van der Waals surface area contributed by atoms with Crippen LogP contribution in [-0.2, 0) is 6.54 Å². The maximum atomic E-state index is 9.08. The van der Waals surface area contributed by atoms with Gasteiger partial charge in [-0.25, -0.2) is 0 Å². The summed E-state index contributed by atoms with van der Waals surface area (Å²) < 4.78 is 7.06. The van der Waals surface area contributed by atoms with E-state index in [0.29, 0.717) is 0 Å². The van der Waals surface area contributed by atoms with Crippen molar-refractivity contribution >= 4 is 76.3 Å². The predicted octanol–water partition coefficient (Wildman–Crippen LogP) is 9.82. The average molecular weight is 580 g/mol. The fraction of sp³-hybridized carbons (Fsp3) is 0.200. The van der Waals surface area contributed by atoms with Crippen molar-refractivity contribution in [3.63, 3.8) is 0 Å². The zero-order valence-corrected chi connectivity index (χ0v) is 24.3. The van der Waals surface area contributed by atoms with E-state index in [-0.39, 0.29) is 11.1 Å². The Bertz CT molecular complexity index is 1680. The lowest BCUT2D eigenvalue weighted by Crippen LogP contribution is -2.01. The Labute approximate surface area is 242 Å². The van der Waals surface area contributed by atoms with Crippen LogP contribution in [0.3, 0.4) is 0 Å². The standard InChI is InChI=1S/C30H21N5S4/c1-2-3-4-5-8-35-23(25-13-29-27(38-25)11-21(36-29)9-19(15-31)16-32)6-7-24(35)26-14-30-28(39-26)12-22(37-30)10-20(17-33)18-34/h6-7,9-14H,2-5,8H2,1H3. The highest BCUT2D eigenvalue weighted by Crippen LogP contribution is 2.43. The molecule has 0 aromatic carbocycles. The number of unbranched alkanes of at least 4 members (excludes halogenated alkanes) is 3. The molecule has 0 N–H and O–H groups in total. The van der Waals surface area contributed by atoms with Gasteiger partial charge in [0.15, 0.2) is 0 Å². The molecule has 0 atom stereocenters. The second-order valence-electron chi connectivity index (χ2n) is 8.86. The molecule has 0 saturated heterocycles. The number of rotatable bonds is 9. The Morgan fingerprint density at radius 2 is 1.13 bits per heavy atom. The lowest BCUT2D eigenvalue weighted by Gasteiger charge is -2.12. The molecule has 0 bridgehead atoms. The Balaban J connectivity index is 1.50. The number of nitriles is 4. The molecule has 9 heteroatoms. The van der Waals surface area contributed by atoms with E-state index >= 15 is 0 Å². The van der Waals surface area contributed by atoms with Gasteiger partial charge in [-0.3, -0.25) is 0 Å². The van der Waals surface area contributed by atoms with Crippen LogP contribution >= 0.6 is 45.3 Å². The van der Waals surface area contributed by atoms with Crippen molar-refractivity contribution in [2.75, 3.05) is 0 Å². The minimum absolute atomic E-state index is 0.115. The van der Waals surface area contributed by atoms with Crippen LogP contribution < -0.4 is 0 Å². The molecule has 0 spiro atoms. The SMILES string of the molecule is CCCCCCn1c(-c2cc3sc(C=C(C#N)C#N)cc3s2)ccc1-c1cc2sc(C=C(C#N)C#N)cc2s1. The van der Waals surface area contributed by atoms with E-state index in [1.807, 2.05) is 24.3 Å². The van der Waals surface area contributed by atoms with Crippen molar-refractivity contribution in [3.8, 4) is 45.4 Å². The van der Waals surface area contributed by atoms with Crippen LogP contribution in [0.1, 0.15) is 42.4 Å². The Hall–Kier alpha value is -3.96. The molecule has 0 aliphatic rings. The van der Waals surface area contributed by atoms with Crippen LogP contribution in [0.2, 0.25) is 0 Å². The summed E-state index contributed by atoms with van der Waals surface area (Å²) in [5.74, 6) is 0. The average Bonchev–Trinajstić information content (AvgIpc) is 3.73. The van der Waals surface area contributed by atoms with Gasteiger partial charge in [-0.2, -0.15) is 21.0 Å². The first-order valence-electron chi connectivity index (χ1n) is 12.4. The number of hydrogen-bond acceptors (Lipinski definition) is 8. The summed E-state index contributed by atoms with van der Waals surface area (Å²) in [7, 11) is 0. The number of nitrogens with zero attached hydrogens (tertiary/aromatic N) is 5. The van der Waals surface area contributed by atoms with Crippen LogP contribution in [0.5, 0.6) is 0 Å². The van der Waals surface area contributed by atoms with E-state index in [0.717, 1.165) is 41.5 Å². The minimum atomic E-state index is 0.115. The topological polar surface area (TPSA) is 100 Å². The normalized spacial score (nSPS) is 10.6. The van der Waals surface area contributed by atoms with Crippen molar-refractivity contribution in [2.45, 2.75) is 39.2 Å². The van der Waals surface area contributed by atoms with Gasteiger partial charge >= 0.3 is 0 Å². The summed E-state index contributed by atoms with van der Waals surface area (Å²) >= 11 is 6.68. The third-order valence-electron chi connectivity index (χ3n) is 6.23. The van der Waals surface area contributed by atoms with Crippen molar-refractivity contribution < 1.29 is 0 Å². The first-order chi connectivity index (χ1) is 19.1. The van der Waals surface area contributed by atoms with Gasteiger partial charge in [-0.15, -0.1) is 45.3 Å². The van der Waals surface area contributed by atoms with E-state index in [2.05, 4.69) is 47.9 Å². The molecule has 5 aromatic heterocycles. The fourth-order valence-corrected chi connectivity index (χ4v) is 9.17. The van der Waals surface area contributed by atoms with Gasteiger partial charge in [0.25, 0.3) is 0 Å². The fourth-order valence-electron chi connectivity index (χ4n) is 4.40. The van der Waals surface area contributed by atoms with Gasteiger partial charge in [0.2, 0.25) is 0 Å². The third-order valence-corrected chi connectivity index (χ3v) is 10.8. The molecule has 5 rings (SSSR count). The highest BCUT2D eigenvalue weighted by molar-refractivity contribution is 7.30. The quantitative estimate of drug-likeness (QED) is 0.128. The molecule has 5 heterocycles. The first-order valence-corrected chi connectivity index (χ1v) is 15.6. The second-order valence-corrected chi connectivity index (χ2v) is 13.3. The molecule has 5 nitrogen and oxygen atoms in total. The monoisotopic (exact) mass is 579 g/mol. The zero-order valence-electron chi connectivity index (χ0n) is 21.0. The summed E-state index contributed by atoms with van der Waals surface area (Å²) in [6, 6.07) is 20.7. The van der Waals surface area contributed by atoms with Crippen molar-refractivity contribution in [2.24, 2.45) is 0 Å². The van der Waals surface area contributed by atoms with Gasteiger partial charge in [0.1, 0.15) is 35.4 Å². The molecule has 39 heavy (non-hydrogen) atoms. The van der Waals surface area contributed by atoms with Crippen LogP contribution in [0.4, 0.5) is 0 Å². The van der Waals surface area contributed by atoms with E-state index in [4.69, 9.17) is 21.0 Å². The van der Waals surface area contributed by atoms with Crippen LogP contribution in [0, 0.1) is 45.3 Å². The maximum absolute atomic E-state index is 9.08. The third kappa shape index (κ3) is 5.59. The molecule has 0 radical (unpaired) electrons. The van der Waals surface area contributed by atoms with E-state index in [1.54, 1.807) is 57.5 Å². The summed E-state index contributed by atoms with van der Waals surface area (Å²) in [5.41, 5.74) is 2.64. The largest absolute Gasteiger partial charge is 0.339 e. The molecule has 5 aromatic rings. The van der Waals surface area contributed by atoms with Gasteiger partial charge < -0.3 is 4.57 Å². The summed E-state index contributed by atoms with van der Waals surface area (Å²) in [6.45, 7) is 3.17. The molecule has 0 amide bonds. The van der Waals surface area contributed by atoms with Crippen LogP contribution in [0.15, 0.2) is 47.5 Å². The van der Waals surface area contributed by atoms with Crippen LogP contribution in [-0.4, -0.2) is 4.57 Å². The Kier molecular flexibility index (Phi) is 8.08. The summed E-state index contributed by atoms with van der Waals surface area (Å²) in [5, 5.41) is 36.3. The molecular weight excluding hydrogens is 559 g/mol. The van der Waals surface area contributed by atoms with E-state index in [9.17, 15) is 0 Å². The second kappa shape index (κ2) is 11.8. The number of thiophene rings is 4. The highest BCUT2D eigenvalue weighted by atomic mass is 32.1. The smallest absolute Gasteiger partial charge is 0.131 e. The predicted molar refractivity (Wildman–Crippen MR) is 164 cm³/mol. The number of hydrogen-bond donors (Lipinski definition) is 0. The van der Waals surface area contributed by atoms with Gasteiger partial charge in [-0.05, 0) is 55.0 Å². The van der Waals surface area contributed by atoms with Crippen molar-refractivity contribution in [3.05, 3.63) is 57.3 Å². The zero-order chi connectivity index (χ0) is 27.4. The molecular formula is C30H21N5S4. The Morgan fingerprint density at radius 1 is 0.667 bits per heavy atom. The molecule has 0 saturated carbocycles. The van der Waals surface area contributed by atoms with Crippen molar-refractivity contribution in [1.82, 2.24) is 4.57 Å². The minimum Gasteiger partial charge on any atom is -0.339 e. The highest BCUT2D eigenvalue weighted by Gasteiger charge is 2.17. The number of aromatic nitrogens is 1. The molecule has 0 aliphatic carbocycles. The lowest BCUT2D eigenvalue weighted by molar-refractivity contribution is 0.591. The lowest BCUT2D eigenvalue weighted by atomic mass is 10.2.